The predicted molar refractivity (Wildman–Crippen MR) is 133 cm³/mol. The van der Waals surface area contributed by atoms with Gasteiger partial charge in [0.2, 0.25) is 0 Å². The molecule has 1 aliphatic heterocycles. The molecule has 2 aromatic carbocycles. The van der Waals surface area contributed by atoms with Gasteiger partial charge in [-0.2, -0.15) is 13.2 Å². The van der Waals surface area contributed by atoms with Crippen molar-refractivity contribution in [3.63, 3.8) is 0 Å². The van der Waals surface area contributed by atoms with E-state index < -0.39 is 17.6 Å². The van der Waals surface area contributed by atoms with Crippen LogP contribution in [0.25, 0.3) is 22.0 Å². The standard InChI is InChI=1S/C27H28F3N3O2/c1-4-18(19-6-5-16(2)23(14-19)27(28,29)30)13-22(26(31)34)25-17(3)21-8-7-20(15-24(21)32-25)33-9-11-35-12-10-33/h4-8,13-15,32H,9-12H2,1-3H3,(H2,31,34)/b18-4-,22-13+. The van der Waals surface area contributed by atoms with E-state index in [9.17, 15) is 18.0 Å². The molecule has 4 rings (SSSR count). The maximum atomic E-state index is 13.5. The first-order valence-electron chi connectivity index (χ1n) is 11.4. The Kier molecular flexibility index (Phi) is 6.76. The lowest BCUT2D eigenvalue weighted by atomic mass is 9.96. The predicted octanol–water partition coefficient (Wildman–Crippen LogP) is 5.61. The molecule has 1 aromatic heterocycles. The van der Waals surface area contributed by atoms with Crippen LogP contribution in [0.3, 0.4) is 0 Å². The number of hydrogen-bond acceptors (Lipinski definition) is 3. The van der Waals surface area contributed by atoms with Gasteiger partial charge in [0.1, 0.15) is 0 Å². The molecular weight excluding hydrogens is 455 g/mol. The Morgan fingerprint density at radius 1 is 1.11 bits per heavy atom. The van der Waals surface area contributed by atoms with Crippen molar-refractivity contribution >= 4 is 33.6 Å². The van der Waals surface area contributed by atoms with Gasteiger partial charge < -0.3 is 20.4 Å². The SMILES string of the molecule is C/C=C(/C=C(/C(N)=O)c1[nH]c2cc(N3CCOCC3)ccc2c1C)c1ccc(C)c(C(F)(F)F)c1. The molecule has 0 unspecified atom stereocenters. The summed E-state index contributed by atoms with van der Waals surface area (Å²) in [6.07, 6.45) is -1.25. The third kappa shape index (κ3) is 4.98. The number of rotatable bonds is 5. The Morgan fingerprint density at radius 3 is 2.46 bits per heavy atom. The van der Waals surface area contributed by atoms with Gasteiger partial charge in [-0.15, -0.1) is 0 Å². The number of anilines is 1. The number of morpholine rings is 1. The van der Waals surface area contributed by atoms with E-state index >= 15 is 0 Å². The van der Waals surface area contributed by atoms with E-state index in [0.717, 1.165) is 41.3 Å². The van der Waals surface area contributed by atoms with Gasteiger partial charge in [0.25, 0.3) is 5.91 Å². The van der Waals surface area contributed by atoms with Crippen LogP contribution in [0.5, 0.6) is 0 Å². The average Bonchev–Trinajstić information content (AvgIpc) is 3.15. The fourth-order valence-electron chi connectivity index (χ4n) is 4.48. The fourth-order valence-corrected chi connectivity index (χ4v) is 4.48. The number of halogens is 3. The van der Waals surface area contributed by atoms with Crippen LogP contribution in [-0.4, -0.2) is 37.2 Å². The van der Waals surface area contributed by atoms with Gasteiger partial charge in [0.05, 0.1) is 30.0 Å². The molecule has 0 bridgehead atoms. The molecule has 1 saturated heterocycles. The maximum absolute atomic E-state index is 13.5. The molecule has 1 amide bonds. The van der Waals surface area contributed by atoms with Crippen molar-refractivity contribution in [3.05, 3.63) is 76.5 Å². The van der Waals surface area contributed by atoms with Crippen LogP contribution >= 0.6 is 0 Å². The number of H-pyrrole nitrogens is 1. The van der Waals surface area contributed by atoms with Crippen LogP contribution in [0, 0.1) is 13.8 Å². The third-order valence-electron chi connectivity index (χ3n) is 6.44. The topological polar surface area (TPSA) is 71.4 Å². The number of ether oxygens (including phenoxy) is 1. The molecule has 0 spiro atoms. The summed E-state index contributed by atoms with van der Waals surface area (Å²) in [6, 6.07) is 10.2. The van der Waals surface area contributed by atoms with Gasteiger partial charge in [-0.05, 0) is 67.3 Å². The molecule has 2 heterocycles. The number of carbonyl (C=O) groups excluding carboxylic acids is 1. The van der Waals surface area contributed by atoms with Gasteiger partial charge in [-0.3, -0.25) is 4.79 Å². The van der Waals surface area contributed by atoms with Crippen LogP contribution in [0.1, 0.15) is 34.9 Å². The van der Waals surface area contributed by atoms with Gasteiger partial charge in [-0.25, -0.2) is 0 Å². The van der Waals surface area contributed by atoms with Crippen molar-refractivity contribution in [3.8, 4) is 0 Å². The number of primary amides is 1. The minimum atomic E-state index is -4.47. The number of benzene rings is 2. The molecule has 0 saturated carbocycles. The summed E-state index contributed by atoms with van der Waals surface area (Å²) in [6.45, 7) is 7.96. The van der Waals surface area contributed by atoms with Crippen LogP contribution in [0.15, 0.2) is 48.6 Å². The number of alkyl halides is 3. The fraction of sp³-hybridized carbons (Fsp3) is 0.296. The maximum Gasteiger partial charge on any atom is 0.416 e. The number of amides is 1. The molecule has 1 aliphatic rings. The molecule has 0 atom stereocenters. The zero-order chi connectivity index (χ0) is 25.3. The summed E-state index contributed by atoms with van der Waals surface area (Å²) < 4.78 is 45.8. The summed E-state index contributed by atoms with van der Waals surface area (Å²) in [5.41, 5.74) is 9.50. The second-order valence-electron chi connectivity index (χ2n) is 8.65. The molecule has 0 aliphatic carbocycles. The van der Waals surface area contributed by atoms with E-state index in [1.165, 1.54) is 13.0 Å². The van der Waals surface area contributed by atoms with E-state index in [1.807, 2.05) is 25.1 Å². The van der Waals surface area contributed by atoms with Gasteiger partial charge in [0.15, 0.2) is 0 Å². The van der Waals surface area contributed by atoms with E-state index in [-0.39, 0.29) is 11.1 Å². The second-order valence-corrected chi connectivity index (χ2v) is 8.65. The van der Waals surface area contributed by atoms with Gasteiger partial charge in [0, 0.05) is 29.7 Å². The normalized spacial score (nSPS) is 15.7. The molecule has 5 nitrogen and oxygen atoms in total. The Labute approximate surface area is 202 Å². The van der Waals surface area contributed by atoms with Crippen LogP contribution in [0.4, 0.5) is 18.9 Å². The summed E-state index contributed by atoms with van der Waals surface area (Å²) in [7, 11) is 0. The molecular formula is C27H28F3N3O2. The van der Waals surface area contributed by atoms with Gasteiger partial charge in [-0.1, -0.05) is 24.3 Å². The number of nitrogens with one attached hydrogen (secondary N) is 1. The zero-order valence-corrected chi connectivity index (χ0v) is 19.9. The quantitative estimate of drug-likeness (QED) is 0.366. The van der Waals surface area contributed by atoms with Crippen molar-refractivity contribution in [1.29, 1.82) is 0 Å². The molecule has 1 fully saturated rings. The van der Waals surface area contributed by atoms with Crippen molar-refractivity contribution in [2.24, 2.45) is 5.73 Å². The summed E-state index contributed by atoms with van der Waals surface area (Å²) >= 11 is 0. The summed E-state index contributed by atoms with van der Waals surface area (Å²) in [5.74, 6) is -0.671. The Balaban J connectivity index is 1.77. The molecule has 35 heavy (non-hydrogen) atoms. The molecule has 3 aromatic rings. The largest absolute Gasteiger partial charge is 0.416 e. The van der Waals surface area contributed by atoms with Crippen LogP contribution in [-0.2, 0) is 15.7 Å². The van der Waals surface area contributed by atoms with Crippen LogP contribution in [0.2, 0.25) is 0 Å². The first-order valence-corrected chi connectivity index (χ1v) is 11.4. The minimum absolute atomic E-state index is 0.137. The molecule has 0 radical (unpaired) electrons. The number of hydrogen-bond donors (Lipinski definition) is 2. The van der Waals surface area contributed by atoms with E-state index in [1.54, 1.807) is 25.1 Å². The van der Waals surface area contributed by atoms with Crippen molar-refractivity contribution < 1.29 is 22.7 Å². The summed E-state index contributed by atoms with van der Waals surface area (Å²) in [5, 5.41) is 0.945. The lowest BCUT2D eigenvalue weighted by Gasteiger charge is -2.28. The number of allylic oxidation sites excluding steroid dienone is 3. The van der Waals surface area contributed by atoms with Crippen LogP contribution < -0.4 is 10.6 Å². The highest BCUT2D eigenvalue weighted by Crippen LogP contribution is 2.35. The zero-order valence-electron chi connectivity index (χ0n) is 19.9. The number of aromatic nitrogens is 1. The number of aromatic amines is 1. The highest BCUT2D eigenvalue weighted by atomic mass is 19.4. The third-order valence-corrected chi connectivity index (χ3v) is 6.44. The first kappa shape index (κ1) is 24.6. The second kappa shape index (κ2) is 9.62. The van der Waals surface area contributed by atoms with E-state index in [0.29, 0.717) is 30.0 Å². The first-order chi connectivity index (χ1) is 16.6. The van der Waals surface area contributed by atoms with Gasteiger partial charge >= 0.3 is 6.18 Å². The van der Waals surface area contributed by atoms with Crippen molar-refractivity contribution in [1.82, 2.24) is 4.98 Å². The van der Waals surface area contributed by atoms with E-state index in [4.69, 9.17) is 10.5 Å². The lowest BCUT2D eigenvalue weighted by molar-refractivity contribution is -0.138. The van der Waals surface area contributed by atoms with Crippen molar-refractivity contribution in [2.45, 2.75) is 26.9 Å². The Hall–Kier alpha value is -3.52. The Morgan fingerprint density at radius 2 is 1.83 bits per heavy atom. The Bertz CT molecular complexity index is 1330. The molecule has 8 heteroatoms. The summed E-state index contributed by atoms with van der Waals surface area (Å²) in [4.78, 5) is 18.1. The molecule has 3 N–H and O–H groups in total. The van der Waals surface area contributed by atoms with E-state index in [2.05, 4.69) is 9.88 Å². The number of fused-ring (bicyclic) bond motifs is 1. The number of nitrogens with two attached hydrogens (primary N) is 1. The smallest absolute Gasteiger partial charge is 0.378 e. The highest BCUT2D eigenvalue weighted by Gasteiger charge is 2.32. The van der Waals surface area contributed by atoms with Crippen molar-refractivity contribution in [2.75, 3.05) is 31.2 Å². The highest BCUT2D eigenvalue weighted by molar-refractivity contribution is 6.21. The number of nitrogens with zero attached hydrogens (tertiary/aromatic N) is 1. The number of carbonyl (C=O) groups is 1. The monoisotopic (exact) mass is 483 g/mol. The average molecular weight is 484 g/mol. The molecule has 184 valence electrons. The lowest BCUT2D eigenvalue weighted by Crippen LogP contribution is -2.36. The minimum Gasteiger partial charge on any atom is -0.378 e. The number of aryl methyl sites for hydroxylation is 2.